The van der Waals surface area contributed by atoms with E-state index in [1.165, 1.54) is 10.9 Å². The summed E-state index contributed by atoms with van der Waals surface area (Å²) < 4.78 is 1.45. The van der Waals surface area contributed by atoms with Crippen molar-refractivity contribution in [1.82, 2.24) is 15.1 Å². The largest absolute Gasteiger partial charge is 0.396 e. The molecule has 1 rings (SSSR count). The molecule has 16 heavy (non-hydrogen) atoms. The van der Waals surface area contributed by atoms with E-state index in [4.69, 9.17) is 5.73 Å². The van der Waals surface area contributed by atoms with Crippen LogP contribution in [0, 0.1) is 5.92 Å². The van der Waals surface area contributed by atoms with Gasteiger partial charge in [-0.25, -0.2) is 0 Å². The van der Waals surface area contributed by atoms with E-state index in [-0.39, 0.29) is 24.9 Å². The van der Waals surface area contributed by atoms with E-state index < -0.39 is 6.10 Å². The van der Waals surface area contributed by atoms with Crippen LogP contribution >= 0.6 is 0 Å². The molecule has 90 valence electrons. The summed E-state index contributed by atoms with van der Waals surface area (Å²) >= 11 is 0. The third-order valence-electron chi connectivity index (χ3n) is 2.24. The van der Waals surface area contributed by atoms with Gasteiger partial charge < -0.3 is 16.2 Å². The summed E-state index contributed by atoms with van der Waals surface area (Å²) in [6.45, 7) is 4.16. The highest BCUT2D eigenvalue weighted by molar-refractivity contribution is 5.75. The Balaban J connectivity index is 2.31. The van der Waals surface area contributed by atoms with Crippen molar-refractivity contribution < 1.29 is 9.90 Å². The molecule has 0 bridgehead atoms. The predicted molar refractivity (Wildman–Crippen MR) is 60.5 cm³/mol. The summed E-state index contributed by atoms with van der Waals surface area (Å²) in [6, 6.07) is 0. The van der Waals surface area contributed by atoms with Crippen LogP contribution in [0.5, 0.6) is 0 Å². The molecular weight excluding hydrogens is 208 g/mol. The SMILES string of the molecule is CC(C)C(O)CNC(=O)Cn1cc(N)cn1. The summed E-state index contributed by atoms with van der Waals surface area (Å²) in [4.78, 5) is 11.4. The maximum Gasteiger partial charge on any atom is 0.241 e. The average Bonchev–Trinajstić information content (AvgIpc) is 2.60. The van der Waals surface area contributed by atoms with E-state index in [1.807, 2.05) is 13.8 Å². The topological polar surface area (TPSA) is 93.2 Å². The van der Waals surface area contributed by atoms with Crippen molar-refractivity contribution in [3.63, 3.8) is 0 Å². The first kappa shape index (κ1) is 12.5. The zero-order chi connectivity index (χ0) is 12.1. The smallest absolute Gasteiger partial charge is 0.241 e. The standard InChI is InChI=1S/C10H18N4O2/c1-7(2)9(15)4-12-10(16)6-14-5-8(11)3-13-14/h3,5,7,9,15H,4,6,11H2,1-2H3,(H,12,16). The number of nitrogen functional groups attached to an aromatic ring is 1. The monoisotopic (exact) mass is 226 g/mol. The fourth-order valence-electron chi connectivity index (χ4n) is 1.12. The fourth-order valence-corrected chi connectivity index (χ4v) is 1.12. The van der Waals surface area contributed by atoms with Gasteiger partial charge in [-0.2, -0.15) is 5.10 Å². The number of nitrogens with zero attached hydrogens (tertiary/aromatic N) is 2. The quantitative estimate of drug-likeness (QED) is 0.636. The van der Waals surface area contributed by atoms with Crippen LogP contribution in [0.3, 0.4) is 0 Å². The number of amides is 1. The van der Waals surface area contributed by atoms with Crippen LogP contribution in [-0.4, -0.2) is 33.4 Å². The number of aliphatic hydroxyl groups is 1. The van der Waals surface area contributed by atoms with E-state index in [0.717, 1.165) is 0 Å². The number of carbonyl (C=O) groups is 1. The minimum Gasteiger partial charge on any atom is -0.396 e. The first-order valence-electron chi connectivity index (χ1n) is 5.21. The number of nitrogens with two attached hydrogens (primary N) is 1. The average molecular weight is 226 g/mol. The van der Waals surface area contributed by atoms with Gasteiger partial charge >= 0.3 is 0 Å². The van der Waals surface area contributed by atoms with Crippen LogP contribution in [0.4, 0.5) is 5.69 Å². The van der Waals surface area contributed by atoms with Crippen molar-refractivity contribution in [3.05, 3.63) is 12.4 Å². The van der Waals surface area contributed by atoms with E-state index in [1.54, 1.807) is 6.20 Å². The normalized spacial score (nSPS) is 12.8. The van der Waals surface area contributed by atoms with Crippen LogP contribution in [0.15, 0.2) is 12.4 Å². The Labute approximate surface area is 94.4 Å². The van der Waals surface area contributed by atoms with Gasteiger partial charge in [-0.1, -0.05) is 13.8 Å². The zero-order valence-corrected chi connectivity index (χ0v) is 9.55. The number of anilines is 1. The molecule has 6 nitrogen and oxygen atoms in total. The molecule has 1 aromatic heterocycles. The van der Waals surface area contributed by atoms with Gasteiger partial charge in [-0.15, -0.1) is 0 Å². The maximum absolute atomic E-state index is 11.4. The van der Waals surface area contributed by atoms with Gasteiger partial charge in [0.15, 0.2) is 0 Å². The minimum absolute atomic E-state index is 0.113. The number of carbonyl (C=O) groups excluding carboxylic acids is 1. The maximum atomic E-state index is 11.4. The molecule has 4 N–H and O–H groups in total. The Morgan fingerprint density at radius 3 is 2.88 bits per heavy atom. The first-order valence-corrected chi connectivity index (χ1v) is 5.21. The molecule has 0 aliphatic carbocycles. The lowest BCUT2D eigenvalue weighted by molar-refractivity contribution is -0.122. The van der Waals surface area contributed by atoms with E-state index in [2.05, 4.69) is 10.4 Å². The van der Waals surface area contributed by atoms with Gasteiger partial charge in [0.2, 0.25) is 5.91 Å². The van der Waals surface area contributed by atoms with Crippen molar-refractivity contribution in [2.45, 2.75) is 26.5 Å². The Kier molecular flexibility index (Phi) is 4.30. The highest BCUT2D eigenvalue weighted by Gasteiger charge is 2.11. The predicted octanol–water partition coefficient (Wildman–Crippen LogP) is -0.402. The summed E-state index contributed by atoms with van der Waals surface area (Å²) in [7, 11) is 0. The lowest BCUT2D eigenvalue weighted by Crippen LogP contribution is -2.36. The van der Waals surface area contributed by atoms with Gasteiger partial charge in [0, 0.05) is 12.7 Å². The molecule has 0 saturated carbocycles. The van der Waals surface area contributed by atoms with Crippen LogP contribution in [-0.2, 0) is 11.3 Å². The van der Waals surface area contributed by atoms with Gasteiger partial charge in [0.25, 0.3) is 0 Å². The lowest BCUT2D eigenvalue weighted by atomic mass is 10.1. The minimum atomic E-state index is -0.522. The Morgan fingerprint density at radius 1 is 1.69 bits per heavy atom. The molecule has 0 radical (unpaired) electrons. The Morgan fingerprint density at radius 2 is 2.38 bits per heavy atom. The molecule has 6 heteroatoms. The van der Waals surface area contributed by atoms with Gasteiger partial charge in [-0.05, 0) is 5.92 Å². The van der Waals surface area contributed by atoms with E-state index in [0.29, 0.717) is 5.69 Å². The molecule has 0 saturated heterocycles. The molecular formula is C10H18N4O2. The highest BCUT2D eigenvalue weighted by Crippen LogP contribution is 1.99. The summed E-state index contributed by atoms with van der Waals surface area (Å²) in [5, 5.41) is 16.0. The third-order valence-corrected chi connectivity index (χ3v) is 2.24. The molecule has 1 unspecified atom stereocenters. The first-order chi connectivity index (χ1) is 7.49. The second kappa shape index (κ2) is 5.50. The van der Waals surface area contributed by atoms with E-state index in [9.17, 15) is 9.90 Å². The summed E-state index contributed by atoms with van der Waals surface area (Å²) in [6.07, 6.45) is 2.54. The van der Waals surface area contributed by atoms with Crippen molar-refractivity contribution in [1.29, 1.82) is 0 Å². The number of rotatable bonds is 5. The fraction of sp³-hybridized carbons (Fsp3) is 0.600. The van der Waals surface area contributed by atoms with Crippen molar-refractivity contribution in [2.75, 3.05) is 12.3 Å². The highest BCUT2D eigenvalue weighted by atomic mass is 16.3. The van der Waals surface area contributed by atoms with Gasteiger partial charge in [0.05, 0.1) is 18.0 Å². The molecule has 0 spiro atoms. The number of hydrogen-bond donors (Lipinski definition) is 3. The lowest BCUT2D eigenvalue weighted by Gasteiger charge is -2.14. The summed E-state index contributed by atoms with van der Waals surface area (Å²) in [5.41, 5.74) is 5.98. The Bertz CT molecular complexity index is 348. The number of nitrogens with one attached hydrogen (secondary N) is 1. The van der Waals surface area contributed by atoms with Crippen LogP contribution in [0.1, 0.15) is 13.8 Å². The molecule has 0 aliphatic rings. The number of aliphatic hydroxyl groups excluding tert-OH is 1. The van der Waals surface area contributed by atoms with E-state index >= 15 is 0 Å². The number of hydrogen-bond acceptors (Lipinski definition) is 4. The van der Waals surface area contributed by atoms with Gasteiger partial charge in [0.1, 0.15) is 6.54 Å². The zero-order valence-electron chi connectivity index (χ0n) is 9.55. The Hall–Kier alpha value is -1.56. The molecule has 1 aromatic rings. The molecule has 1 atom stereocenters. The summed E-state index contributed by atoms with van der Waals surface area (Å²) in [5.74, 6) is -0.0663. The number of aromatic nitrogens is 2. The second-order valence-corrected chi connectivity index (χ2v) is 4.09. The van der Waals surface area contributed by atoms with Gasteiger partial charge in [-0.3, -0.25) is 9.48 Å². The molecule has 1 amide bonds. The van der Waals surface area contributed by atoms with Crippen molar-refractivity contribution in [3.8, 4) is 0 Å². The van der Waals surface area contributed by atoms with Crippen molar-refractivity contribution in [2.24, 2.45) is 5.92 Å². The second-order valence-electron chi connectivity index (χ2n) is 4.09. The van der Waals surface area contributed by atoms with Crippen LogP contribution in [0.2, 0.25) is 0 Å². The van der Waals surface area contributed by atoms with Crippen LogP contribution in [0.25, 0.3) is 0 Å². The van der Waals surface area contributed by atoms with Crippen molar-refractivity contribution >= 4 is 11.6 Å². The molecule has 0 fully saturated rings. The molecule has 0 aromatic carbocycles. The molecule has 1 heterocycles. The third kappa shape index (κ3) is 3.90. The molecule has 0 aliphatic heterocycles. The van der Waals surface area contributed by atoms with Crippen LogP contribution < -0.4 is 11.1 Å².